The molecule has 1 aliphatic heterocycles. The fourth-order valence-electron chi connectivity index (χ4n) is 2.54. The van der Waals surface area contributed by atoms with Crippen molar-refractivity contribution in [3.63, 3.8) is 0 Å². The molecular weight excluding hydrogens is 304 g/mol. The fourth-order valence-corrected chi connectivity index (χ4v) is 2.82. The minimum atomic E-state index is -0.524. The molecular formula is C15H17ClN4O2. The van der Waals surface area contributed by atoms with Crippen LogP contribution in [0.25, 0.3) is 0 Å². The van der Waals surface area contributed by atoms with Crippen molar-refractivity contribution in [3.8, 4) is 0 Å². The van der Waals surface area contributed by atoms with Gasteiger partial charge in [-0.25, -0.2) is 4.98 Å². The van der Waals surface area contributed by atoms with Crippen molar-refractivity contribution in [2.75, 3.05) is 31.1 Å². The highest BCUT2D eigenvalue weighted by atomic mass is 35.5. The number of amides is 1. The predicted molar refractivity (Wildman–Crippen MR) is 84.0 cm³/mol. The predicted octanol–water partition coefficient (Wildman–Crippen LogP) is 1.75. The van der Waals surface area contributed by atoms with Gasteiger partial charge in [0, 0.05) is 32.4 Å². The van der Waals surface area contributed by atoms with E-state index in [4.69, 9.17) is 21.8 Å². The summed E-state index contributed by atoms with van der Waals surface area (Å²) in [6.45, 7) is 4.25. The van der Waals surface area contributed by atoms with E-state index in [2.05, 4.69) is 14.8 Å². The number of nitrogens with two attached hydrogens (primary N) is 1. The molecule has 2 N–H and O–H groups in total. The van der Waals surface area contributed by atoms with Gasteiger partial charge in [0.1, 0.15) is 11.6 Å². The van der Waals surface area contributed by atoms with Gasteiger partial charge in [0.15, 0.2) is 0 Å². The second-order valence-corrected chi connectivity index (χ2v) is 5.64. The van der Waals surface area contributed by atoms with Crippen LogP contribution in [0.5, 0.6) is 0 Å². The zero-order valence-corrected chi connectivity index (χ0v) is 12.8. The molecule has 3 heterocycles. The van der Waals surface area contributed by atoms with Crippen LogP contribution in [0.15, 0.2) is 35.1 Å². The van der Waals surface area contributed by atoms with Gasteiger partial charge in [-0.2, -0.15) is 0 Å². The van der Waals surface area contributed by atoms with Crippen LogP contribution in [0.3, 0.4) is 0 Å². The number of hydrogen-bond acceptors (Lipinski definition) is 5. The number of nitrogens with zero attached hydrogens (tertiary/aromatic N) is 3. The summed E-state index contributed by atoms with van der Waals surface area (Å²) in [5, 5.41) is 0.454. The number of anilines is 1. The smallest absolute Gasteiger partial charge is 0.250 e. The van der Waals surface area contributed by atoms with Gasteiger partial charge >= 0.3 is 0 Å². The molecule has 22 heavy (non-hydrogen) atoms. The molecule has 1 aliphatic rings. The zero-order chi connectivity index (χ0) is 15.5. The Morgan fingerprint density at radius 1 is 1.36 bits per heavy atom. The van der Waals surface area contributed by atoms with Gasteiger partial charge in [-0.15, -0.1) is 0 Å². The molecule has 1 saturated heterocycles. The normalized spacial score (nSPS) is 16.0. The Hall–Kier alpha value is -2.05. The van der Waals surface area contributed by atoms with Gasteiger partial charge in [0.25, 0.3) is 0 Å². The van der Waals surface area contributed by atoms with E-state index in [1.807, 2.05) is 12.1 Å². The van der Waals surface area contributed by atoms with Crippen LogP contribution in [0.4, 0.5) is 5.82 Å². The average molecular weight is 321 g/mol. The summed E-state index contributed by atoms with van der Waals surface area (Å²) in [4.78, 5) is 19.8. The van der Waals surface area contributed by atoms with E-state index in [1.54, 1.807) is 12.3 Å². The maximum Gasteiger partial charge on any atom is 0.250 e. The summed E-state index contributed by atoms with van der Waals surface area (Å²) in [7, 11) is 0. The van der Waals surface area contributed by atoms with Crippen molar-refractivity contribution in [1.82, 2.24) is 9.88 Å². The number of halogens is 1. The molecule has 2 aromatic rings. The van der Waals surface area contributed by atoms with E-state index in [9.17, 15) is 4.79 Å². The molecule has 0 unspecified atom stereocenters. The monoisotopic (exact) mass is 320 g/mol. The first kappa shape index (κ1) is 14.9. The SMILES string of the molecule is NC(=O)c1cnc(N2CCN(Cc3ccco3)CC2)c(Cl)c1. The lowest BCUT2D eigenvalue weighted by Gasteiger charge is -2.35. The lowest BCUT2D eigenvalue weighted by atomic mass is 10.2. The summed E-state index contributed by atoms with van der Waals surface area (Å²) in [5.41, 5.74) is 5.55. The van der Waals surface area contributed by atoms with Crippen molar-refractivity contribution in [1.29, 1.82) is 0 Å². The minimum Gasteiger partial charge on any atom is -0.468 e. The minimum absolute atomic E-state index is 0.324. The van der Waals surface area contributed by atoms with Crippen molar-refractivity contribution in [3.05, 3.63) is 47.0 Å². The highest BCUT2D eigenvalue weighted by Crippen LogP contribution is 2.25. The second kappa shape index (κ2) is 6.37. The lowest BCUT2D eigenvalue weighted by Crippen LogP contribution is -2.46. The number of pyridine rings is 1. The van der Waals surface area contributed by atoms with Crippen molar-refractivity contribution in [2.45, 2.75) is 6.54 Å². The van der Waals surface area contributed by atoms with Gasteiger partial charge in [0.2, 0.25) is 5.91 Å². The first-order valence-electron chi connectivity index (χ1n) is 7.08. The molecule has 0 bridgehead atoms. The Bertz CT molecular complexity index is 652. The number of piperazine rings is 1. The average Bonchev–Trinajstić information content (AvgIpc) is 3.01. The van der Waals surface area contributed by atoms with E-state index in [-0.39, 0.29) is 0 Å². The number of furan rings is 1. The molecule has 0 atom stereocenters. The molecule has 0 spiro atoms. The molecule has 3 rings (SSSR count). The van der Waals surface area contributed by atoms with Crippen LogP contribution in [0, 0.1) is 0 Å². The molecule has 116 valence electrons. The Morgan fingerprint density at radius 2 is 2.14 bits per heavy atom. The molecule has 0 aromatic carbocycles. The molecule has 7 heteroatoms. The summed E-state index contributed by atoms with van der Waals surface area (Å²) in [6, 6.07) is 5.45. The van der Waals surface area contributed by atoms with Gasteiger partial charge in [-0.05, 0) is 18.2 Å². The van der Waals surface area contributed by atoms with Crippen LogP contribution in [0.2, 0.25) is 5.02 Å². The van der Waals surface area contributed by atoms with Crippen molar-refractivity contribution >= 4 is 23.3 Å². The van der Waals surface area contributed by atoms with Gasteiger partial charge in [-0.1, -0.05) is 11.6 Å². The Balaban J connectivity index is 1.62. The summed E-state index contributed by atoms with van der Waals surface area (Å²) >= 11 is 6.22. The third-order valence-electron chi connectivity index (χ3n) is 3.74. The van der Waals surface area contributed by atoms with Crippen molar-refractivity contribution in [2.24, 2.45) is 5.73 Å². The third kappa shape index (κ3) is 3.23. The Labute approximate surface area is 133 Å². The largest absolute Gasteiger partial charge is 0.468 e. The summed E-state index contributed by atoms with van der Waals surface area (Å²) in [5.74, 6) is 1.14. The number of primary amides is 1. The fraction of sp³-hybridized carbons (Fsp3) is 0.333. The number of rotatable bonds is 4. The lowest BCUT2D eigenvalue weighted by molar-refractivity contribution is 0.1000. The Morgan fingerprint density at radius 3 is 2.73 bits per heavy atom. The molecule has 0 radical (unpaired) electrons. The van der Waals surface area contributed by atoms with Crippen molar-refractivity contribution < 1.29 is 9.21 Å². The molecule has 1 fully saturated rings. The molecule has 0 saturated carbocycles. The number of carbonyl (C=O) groups is 1. The van der Waals surface area contributed by atoms with Crippen LogP contribution in [0.1, 0.15) is 16.1 Å². The van der Waals surface area contributed by atoms with E-state index < -0.39 is 5.91 Å². The second-order valence-electron chi connectivity index (χ2n) is 5.24. The van der Waals surface area contributed by atoms with Crippen LogP contribution in [-0.2, 0) is 6.54 Å². The van der Waals surface area contributed by atoms with E-state index in [0.29, 0.717) is 16.4 Å². The van der Waals surface area contributed by atoms with Gasteiger partial charge in [-0.3, -0.25) is 9.69 Å². The molecule has 6 nitrogen and oxygen atoms in total. The van der Waals surface area contributed by atoms with E-state index in [1.165, 1.54) is 6.20 Å². The molecule has 1 amide bonds. The number of hydrogen-bond donors (Lipinski definition) is 1. The van der Waals surface area contributed by atoms with Gasteiger partial charge in [0.05, 0.1) is 23.4 Å². The quantitative estimate of drug-likeness (QED) is 0.929. The van der Waals surface area contributed by atoms with Gasteiger partial charge < -0.3 is 15.1 Å². The van der Waals surface area contributed by atoms with Crippen LogP contribution in [-0.4, -0.2) is 42.0 Å². The van der Waals surface area contributed by atoms with E-state index >= 15 is 0 Å². The number of carbonyl (C=O) groups excluding carboxylic acids is 1. The molecule has 0 aliphatic carbocycles. The van der Waals surface area contributed by atoms with Crippen LogP contribution >= 0.6 is 11.6 Å². The topological polar surface area (TPSA) is 75.6 Å². The summed E-state index contributed by atoms with van der Waals surface area (Å²) in [6.07, 6.45) is 3.16. The number of aromatic nitrogens is 1. The third-order valence-corrected chi connectivity index (χ3v) is 4.02. The molecule has 2 aromatic heterocycles. The van der Waals surface area contributed by atoms with Crippen LogP contribution < -0.4 is 10.6 Å². The first-order chi connectivity index (χ1) is 10.6. The van der Waals surface area contributed by atoms with E-state index in [0.717, 1.165) is 38.5 Å². The zero-order valence-electron chi connectivity index (χ0n) is 12.0. The first-order valence-corrected chi connectivity index (χ1v) is 7.46. The maximum absolute atomic E-state index is 11.1. The summed E-state index contributed by atoms with van der Waals surface area (Å²) < 4.78 is 5.37. The highest BCUT2D eigenvalue weighted by molar-refractivity contribution is 6.33. The maximum atomic E-state index is 11.1. The highest BCUT2D eigenvalue weighted by Gasteiger charge is 2.21. The standard InChI is InChI=1S/C15H17ClN4O2/c16-13-8-11(14(17)21)9-18-15(13)20-5-3-19(4-6-20)10-12-2-1-7-22-12/h1-2,7-9H,3-6,10H2,(H2,17,21). The Kier molecular flexibility index (Phi) is 4.31.